The van der Waals surface area contributed by atoms with Crippen molar-refractivity contribution in [2.75, 3.05) is 0 Å². The van der Waals surface area contributed by atoms with Gasteiger partial charge in [-0.2, -0.15) is 39.5 Å². The van der Waals surface area contributed by atoms with E-state index in [2.05, 4.69) is 18.3 Å². The molecule has 2 atom stereocenters. The number of ether oxygens (including phenoxy) is 2. The quantitative estimate of drug-likeness (QED) is 0.597. The largest absolute Gasteiger partial charge is 0.465 e. The first-order valence-corrected chi connectivity index (χ1v) is 7.14. The molecular formula is C15H7F9O4. The summed E-state index contributed by atoms with van der Waals surface area (Å²) in [5.74, 6) is -9.26. The first-order chi connectivity index (χ1) is 12.7. The molecule has 2 unspecified atom stereocenters. The molecule has 0 aliphatic carbocycles. The summed E-state index contributed by atoms with van der Waals surface area (Å²) in [6.45, 7) is 0. The van der Waals surface area contributed by atoms with Crippen LogP contribution in [0.3, 0.4) is 0 Å². The molecule has 1 aliphatic heterocycles. The highest BCUT2D eigenvalue weighted by atomic mass is 19.4. The Hall–Kier alpha value is -2.57. The van der Waals surface area contributed by atoms with E-state index in [1.54, 1.807) is 0 Å². The second kappa shape index (κ2) is 5.96. The third-order valence-corrected chi connectivity index (χ3v) is 3.68. The fourth-order valence-electron chi connectivity index (χ4n) is 2.60. The van der Waals surface area contributed by atoms with Crippen LogP contribution in [0.25, 0.3) is 0 Å². The summed E-state index contributed by atoms with van der Waals surface area (Å²) in [7, 11) is 0. The molecule has 2 aromatic rings. The van der Waals surface area contributed by atoms with Crippen LogP contribution in [0.2, 0.25) is 0 Å². The number of hydrogen-bond donors (Lipinski definition) is 0. The van der Waals surface area contributed by atoms with Crippen LogP contribution in [-0.2, 0) is 20.9 Å². The average molecular weight is 422 g/mol. The van der Waals surface area contributed by atoms with E-state index in [0.717, 1.165) is 12.1 Å². The van der Waals surface area contributed by atoms with E-state index in [-0.39, 0.29) is 0 Å². The summed E-state index contributed by atoms with van der Waals surface area (Å²) in [6.07, 6.45) is -16.9. The molecule has 0 aromatic carbocycles. The minimum absolute atomic E-state index is 0.510. The van der Waals surface area contributed by atoms with Gasteiger partial charge in [-0.1, -0.05) is 0 Å². The number of hydrogen-bond acceptors (Lipinski definition) is 4. The first-order valence-electron chi connectivity index (χ1n) is 7.14. The predicted octanol–water partition coefficient (Wildman–Crippen LogP) is 5.54. The topological polar surface area (TPSA) is 44.7 Å². The van der Waals surface area contributed by atoms with Crippen molar-refractivity contribution in [3.8, 4) is 0 Å². The number of alkyl halides is 9. The Bertz CT molecular complexity index is 846. The summed E-state index contributed by atoms with van der Waals surface area (Å²) in [6, 6.07) is 2.75. The van der Waals surface area contributed by atoms with E-state index in [1.807, 2.05) is 0 Å². The Morgan fingerprint density at radius 3 is 1.68 bits per heavy atom. The third kappa shape index (κ3) is 2.93. The smallest absolute Gasteiger partial charge is 0.464 e. The highest BCUT2D eigenvalue weighted by Crippen LogP contribution is 2.62. The molecule has 3 heterocycles. The Balaban J connectivity index is 2.36. The van der Waals surface area contributed by atoms with Crippen molar-refractivity contribution < 1.29 is 57.8 Å². The van der Waals surface area contributed by atoms with Crippen LogP contribution in [0.5, 0.6) is 0 Å². The number of rotatable bonds is 2. The van der Waals surface area contributed by atoms with Crippen molar-refractivity contribution in [1.29, 1.82) is 0 Å². The third-order valence-electron chi connectivity index (χ3n) is 3.68. The summed E-state index contributed by atoms with van der Waals surface area (Å²) < 4.78 is 139. The van der Waals surface area contributed by atoms with Crippen LogP contribution in [0, 0.1) is 0 Å². The molecule has 28 heavy (non-hydrogen) atoms. The van der Waals surface area contributed by atoms with Crippen molar-refractivity contribution in [1.82, 2.24) is 0 Å². The van der Waals surface area contributed by atoms with E-state index >= 15 is 0 Å². The number of furan rings is 2. The zero-order valence-corrected chi connectivity index (χ0v) is 13.1. The molecule has 4 nitrogen and oxygen atoms in total. The molecule has 1 fully saturated rings. The Morgan fingerprint density at radius 2 is 1.29 bits per heavy atom. The zero-order chi connectivity index (χ0) is 21.0. The van der Waals surface area contributed by atoms with E-state index in [4.69, 9.17) is 0 Å². The molecule has 2 aromatic heterocycles. The lowest BCUT2D eigenvalue weighted by molar-refractivity contribution is -0.392. The molecule has 154 valence electrons. The fraction of sp³-hybridized carbons (Fsp3) is 0.333. The average Bonchev–Trinajstić information content (AvgIpc) is 3.24. The van der Waals surface area contributed by atoms with Crippen molar-refractivity contribution in [3.05, 3.63) is 60.1 Å². The van der Waals surface area contributed by atoms with Gasteiger partial charge in [0.15, 0.2) is 17.3 Å². The van der Waals surface area contributed by atoms with Gasteiger partial charge in [-0.05, 0) is 24.3 Å². The monoisotopic (exact) mass is 422 g/mol. The van der Waals surface area contributed by atoms with Gasteiger partial charge >= 0.3 is 24.3 Å². The van der Waals surface area contributed by atoms with Crippen molar-refractivity contribution in [2.24, 2.45) is 0 Å². The highest BCUT2D eigenvalue weighted by Gasteiger charge is 2.79. The predicted molar refractivity (Wildman–Crippen MR) is 69.2 cm³/mol. The van der Waals surface area contributed by atoms with Gasteiger partial charge in [0.05, 0.1) is 18.6 Å². The number of allylic oxidation sites excluding steroid dienone is 1. The van der Waals surface area contributed by atoms with Crippen LogP contribution >= 0.6 is 0 Å². The van der Waals surface area contributed by atoms with E-state index in [0.29, 0.717) is 24.7 Å². The molecule has 1 aliphatic rings. The minimum Gasteiger partial charge on any atom is -0.465 e. The summed E-state index contributed by atoms with van der Waals surface area (Å²) in [5, 5.41) is 0. The maximum absolute atomic E-state index is 13.9. The van der Waals surface area contributed by atoms with Crippen LogP contribution in [0.4, 0.5) is 39.5 Å². The van der Waals surface area contributed by atoms with Gasteiger partial charge in [0.25, 0.3) is 5.60 Å². The van der Waals surface area contributed by atoms with E-state index in [1.165, 1.54) is 0 Å². The molecule has 0 amide bonds. The fourth-order valence-corrected chi connectivity index (χ4v) is 2.60. The van der Waals surface area contributed by atoms with Gasteiger partial charge in [0.1, 0.15) is 0 Å². The van der Waals surface area contributed by atoms with E-state index < -0.39 is 53.3 Å². The Kier molecular flexibility index (Phi) is 4.29. The lowest BCUT2D eigenvalue weighted by Crippen LogP contribution is -2.49. The standard InChI is InChI=1S/C15H7F9O4/c16-11(17,18)7-10-12(14(19,20)21,8-3-1-5-25-8)28-13(27-10,15(22,23)24)9-4-2-6-26-9/h1-7H/b10-7+. The Morgan fingerprint density at radius 1 is 0.750 bits per heavy atom. The normalized spacial score (nSPS) is 28.0. The lowest BCUT2D eigenvalue weighted by Gasteiger charge is -2.31. The van der Waals surface area contributed by atoms with Gasteiger partial charge in [-0.25, -0.2) is 0 Å². The van der Waals surface area contributed by atoms with Crippen LogP contribution in [-0.4, -0.2) is 18.5 Å². The van der Waals surface area contributed by atoms with Gasteiger partial charge in [-0.15, -0.1) is 0 Å². The SMILES string of the molecule is FC(F)(F)/C=C1/OC(c2ccco2)(C(F)(F)F)OC1(c1ccco1)C(F)(F)F. The summed E-state index contributed by atoms with van der Waals surface area (Å²) in [5.41, 5.74) is -4.34. The molecule has 0 N–H and O–H groups in total. The summed E-state index contributed by atoms with van der Waals surface area (Å²) >= 11 is 0. The lowest BCUT2D eigenvalue weighted by atomic mass is 9.96. The zero-order valence-electron chi connectivity index (χ0n) is 13.1. The second-order valence-electron chi connectivity index (χ2n) is 5.50. The molecule has 1 saturated heterocycles. The number of halogens is 9. The van der Waals surface area contributed by atoms with Crippen LogP contribution < -0.4 is 0 Å². The molecular weight excluding hydrogens is 415 g/mol. The second-order valence-corrected chi connectivity index (χ2v) is 5.50. The molecule has 3 rings (SSSR count). The van der Waals surface area contributed by atoms with E-state index in [9.17, 15) is 39.5 Å². The van der Waals surface area contributed by atoms with Gasteiger partial charge in [0.2, 0.25) is 0 Å². The Labute approximate surface area is 149 Å². The van der Waals surface area contributed by atoms with Gasteiger partial charge in [-0.3, -0.25) is 4.74 Å². The molecule has 0 spiro atoms. The molecule has 0 radical (unpaired) electrons. The highest BCUT2D eigenvalue weighted by molar-refractivity contribution is 5.32. The van der Waals surface area contributed by atoms with Crippen molar-refractivity contribution in [3.63, 3.8) is 0 Å². The van der Waals surface area contributed by atoms with Gasteiger partial charge in [0, 0.05) is 0 Å². The maximum Gasteiger partial charge on any atom is 0.464 e. The molecule has 0 saturated carbocycles. The molecule has 13 heteroatoms. The minimum atomic E-state index is -5.85. The molecule has 0 bridgehead atoms. The van der Waals surface area contributed by atoms with Crippen molar-refractivity contribution in [2.45, 2.75) is 29.9 Å². The van der Waals surface area contributed by atoms with Crippen molar-refractivity contribution >= 4 is 0 Å². The first kappa shape index (κ1) is 20.2. The van der Waals surface area contributed by atoms with Crippen LogP contribution in [0.15, 0.2) is 57.5 Å². The van der Waals surface area contributed by atoms with Gasteiger partial charge < -0.3 is 13.6 Å². The maximum atomic E-state index is 13.9. The summed E-state index contributed by atoms with van der Waals surface area (Å²) in [4.78, 5) is 0. The van der Waals surface area contributed by atoms with Crippen LogP contribution in [0.1, 0.15) is 11.5 Å².